The molecular formula is C11H11Cl2NO. The number of halogens is 2. The van der Waals surface area contributed by atoms with E-state index in [2.05, 4.69) is 5.32 Å². The van der Waals surface area contributed by atoms with Crippen molar-refractivity contribution in [2.24, 2.45) is 5.92 Å². The van der Waals surface area contributed by atoms with Crippen LogP contribution in [0.3, 0.4) is 0 Å². The van der Waals surface area contributed by atoms with Gasteiger partial charge in [-0.3, -0.25) is 0 Å². The fourth-order valence-corrected chi connectivity index (χ4v) is 2.07. The van der Waals surface area contributed by atoms with Crippen LogP contribution in [0.2, 0.25) is 10.0 Å². The zero-order valence-corrected chi connectivity index (χ0v) is 9.55. The van der Waals surface area contributed by atoms with Crippen LogP contribution in [0, 0.1) is 5.92 Å². The Kier molecular flexibility index (Phi) is 3.17. The average molecular weight is 244 g/mol. The molecule has 1 aliphatic carbocycles. The number of hydrogen-bond donors (Lipinski definition) is 1. The number of benzene rings is 1. The van der Waals surface area contributed by atoms with E-state index in [1.807, 2.05) is 0 Å². The van der Waals surface area contributed by atoms with Crippen LogP contribution in [0.5, 0.6) is 0 Å². The maximum absolute atomic E-state index is 10.8. The second-order valence-electron chi connectivity index (χ2n) is 3.80. The van der Waals surface area contributed by atoms with Crippen molar-refractivity contribution < 1.29 is 4.79 Å². The molecular weight excluding hydrogens is 233 g/mol. The first-order chi connectivity index (χ1) is 7.19. The Morgan fingerprint density at radius 3 is 2.33 bits per heavy atom. The van der Waals surface area contributed by atoms with Crippen LogP contribution in [0.15, 0.2) is 18.2 Å². The van der Waals surface area contributed by atoms with E-state index in [0.717, 1.165) is 24.8 Å². The number of nitrogens with one attached hydrogen (secondary N) is 1. The van der Waals surface area contributed by atoms with Crippen LogP contribution in [-0.2, 0) is 4.79 Å². The molecule has 2 rings (SSSR count). The SMILES string of the molecule is O=CC(Nc1cc(Cl)cc(Cl)c1)C1CC1. The summed E-state index contributed by atoms with van der Waals surface area (Å²) in [5.74, 6) is 0.472. The van der Waals surface area contributed by atoms with Gasteiger partial charge in [-0.05, 0) is 37.0 Å². The van der Waals surface area contributed by atoms with Gasteiger partial charge < -0.3 is 10.1 Å². The highest BCUT2D eigenvalue weighted by molar-refractivity contribution is 6.35. The molecule has 0 bridgehead atoms. The van der Waals surface area contributed by atoms with Crippen molar-refractivity contribution in [1.29, 1.82) is 0 Å². The van der Waals surface area contributed by atoms with Gasteiger partial charge in [-0.1, -0.05) is 23.2 Å². The predicted octanol–water partition coefficient (Wildman–Crippen LogP) is 3.38. The van der Waals surface area contributed by atoms with Crippen LogP contribution in [0.25, 0.3) is 0 Å². The molecule has 15 heavy (non-hydrogen) atoms. The molecule has 80 valence electrons. The Balaban J connectivity index is 2.11. The predicted molar refractivity (Wildman–Crippen MR) is 62.7 cm³/mol. The number of carbonyl (C=O) groups excluding carboxylic acids is 1. The second kappa shape index (κ2) is 4.42. The van der Waals surface area contributed by atoms with E-state index >= 15 is 0 Å². The summed E-state index contributed by atoms with van der Waals surface area (Å²) < 4.78 is 0. The van der Waals surface area contributed by atoms with Gasteiger partial charge in [-0.15, -0.1) is 0 Å². The lowest BCUT2D eigenvalue weighted by Crippen LogP contribution is -2.23. The number of rotatable bonds is 4. The highest BCUT2D eigenvalue weighted by atomic mass is 35.5. The fourth-order valence-electron chi connectivity index (χ4n) is 1.55. The van der Waals surface area contributed by atoms with Gasteiger partial charge in [0.05, 0.1) is 6.04 Å². The van der Waals surface area contributed by atoms with Crippen LogP contribution < -0.4 is 5.32 Å². The first kappa shape index (κ1) is 10.8. The van der Waals surface area contributed by atoms with E-state index in [1.165, 1.54) is 0 Å². The molecule has 1 atom stereocenters. The van der Waals surface area contributed by atoms with Gasteiger partial charge in [-0.25, -0.2) is 0 Å². The summed E-state index contributed by atoms with van der Waals surface area (Å²) in [5.41, 5.74) is 0.802. The van der Waals surface area contributed by atoms with Crippen LogP contribution >= 0.6 is 23.2 Å². The quantitative estimate of drug-likeness (QED) is 0.822. The van der Waals surface area contributed by atoms with E-state index in [9.17, 15) is 4.79 Å². The Labute approximate surface area is 98.6 Å². The molecule has 1 fully saturated rings. The highest BCUT2D eigenvalue weighted by Crippen LogP contribution is 2.34. The van der Waals surface area contributed by atoms with Gasteiger partial charge in [0.15, 0.2) is 0 Å². The van der Waals surface area contributed by atoms with Crippen molar-refractivity contribution in [1.82, 2.24) is 0 Å². The van der Waals surface area contributed by atoms with Crippen molar-refractivity contribution in [2.75, 3.05) is 5.32 Å². The third-order valence-electron chi connectivity index (χ3n) is 2.47. The van der Waals surface area contributed by atoms with Gasteiger partial charge in [0.2, 0.25) is 0 Å². The first-order valence-corrected chi connectivity index (χ1v) is 5.62. The smallest absolute Gasteiger partial charge is 0.142 e. The molecule has 1 aromatic carbocycles. The fraction of sp³-hybridized carbons (Fsp3) is 0.364. The molecule has 2 nitrogen and oxygen atoms in total. The minimum absolute atomic E-state index is 0.112. The molecule has 1 aromatic rings. The van der Waals surface area contributed by atoms with E-state index in [4.69, 9.17) is 23.2 Å². The Bertz CT molecular complexity index is 357. The molecule has 1 aliphatic rings. The van der Waals surface area contributed by atoms with Gasteiger partial charge in [0, 0.05) is 15.7 Å². The average Bonchev–Trinajstić information content (AvgIpc) is 2.95. The monoisotopic (exact) mass is 243 g/mol. The normalized spacial score (nSPS) is 17.2. The Morgan fingerprint density at radius 2 is 1.87 bits per heavy atom. The largest absolute Gasteiger partial charge is 0.375 e. The lowest BCUT2D eigenvalue weighted by molar-refractivity contribution is -0.108. The maximum Gasteiger partial charge on any atom is 0.142 e. The molecule has 0 radical (unpaired) electrons. The van der Waals surface area contributed by atoms with E-state index < -0.39 is 0 Å². The summed E-state index contributed by atoms with van der Waals surface area (Å²) in [7, 11) is 0. The molecule has 1 saturated carbocycles. The van der Waals surface area contributed by atoms with Crippen molar-refractivity contribution in [3.8, 4) is 0 Å². The third-order valence-corrected chi connectivity index (χ3v) is 2.91. The van der Waals surface area contributed by atoms with Gasteiger partial charge in [-0.2, -0.15) is 0 Å². The highest BCUT2D eigenvalue weighted by Gasteiger charge is 2.30. The zero-order chi connectivity index (χ0) is 10.8. The second-order valence-corrected chi connectivity index (χ2v) is 4.67. The molecule has 0 spiro atoms. The molecule has 1 N–H and O–H groups in total. The van der Waals surface area contributed by atoms with E-state index in [0.29, 0.717) is 16.0 Å². The van der Waals surface area contributed by atoms with E-state index in [1.54, 1.807) is 18.2 Å². The summed E-state index contributed by atoms with van der Waals surface area (Å²) in [4.78, 5) is 10.8. The molecule has 0 aromatic heterocycles. The minimum Gasteiger partial charge on any atom is -0.375 e. The standard InChI is InChI=1S/C11H11Cl2NO/c12-8-3-9(13)5-10(4-8)14-11(6-15)7-1-2-7/h3-7,11,14H,1-2H2. The number of aldehydes is 1. The van der Waals surface area contributed by atoms with Gasteiger partial charge >= 0.3 is 0 Å². The van der Waals surface area contributed by atoms with Crippen molar-refractivity contribution in [2.45, 2.75) is 18.9 Å². The Hall–Kier alpha value is -0.730. The number of anilines is 1. The Morgan fingerprint density at radius 1 is 1.27 bits per heavy atom. The summed E-state index contributed by atoms with van der Waals surface area (Å²) in [5, 5.41) is 4.28. The van der Waals surface area contributed by atoms with Gasteiger partial charge in [0.25, 0.3) is 0 Å². The van der Waals surface area contributed by atoms with Crippen LogP contribution in [0.1, 0.15) is 12.8 Å². The van der Waals surface area contributed by atoms with Crippen molar-refractivity contribution in [3.63, 3.8) is 0 Å². The van der Waals surface area contributed by atoms with Crippen molar-refractivity contribution in [3.05, 3.63) is 28.2 Å². The molecule has 0 aliphatic heterocycles. The molecule has 0 heterocycles. The number of carbonyl (C=O) groups is 1. The topological polar surface area (TPSA) is 29.1 Å². The summed E-state index contributed by atoms with van der Waals surface area (Å²) in [6.45, 7) is 0. The van der Waals surface area contributed by atoms with Gasteiger partial charge in [0.1, 0.15) is 6.29 Å². The number of hydrogen-bond acceptors (Lipinski definition) is 2. The maximum atomic E-state index is 10.8. The molecule has 0 saturated heterocycles. The van der Waals surface area contributed by atoms with Crippen molar-refractivity contribution >= 4 is 35.2 Å². The molecule has 1 unspecified atom stereocenters. The van der Waals surface area contributed by atoms with E-state index in [-0.39, 0.29) is 6.04 Å². The summed E-state index contributed by atoms with van der Waals surface area (Å²) in [6, 6.07) is 5.10. The van der Waals surface area contributed by atoms with Crippen LogP contribution in [-0.4, -0.2) is 12.3 Å². The zero-order valence-electron chi connectivity index (χ0n) is 8.04. The lowest BCUT2D eigenvalue weighted by atomic mass is 10.2. The lowest BCUT2D eigenvalue weighted by Gasteiger charge is -2.13. The molecule has 0 amide bonds. The molecule has 4 heteroatoms. The minimum atomic E-state index is -0.112. The third kappa shape index (κ3) is 2.86. The summed E-state index contributed by atoms with van der Waals surface area (Å²) >= 11 is 11.7. The summed E-state index contributed by atoms with van der Waals surface area (Å²) in [6.07, 6.45) is 3.18. The van der Waals surface area contributed by atoms with Crippen LogP contribution in [0.4, 0.5) is 5.69 Å². The first-order valence-electron chi connectivity index (χ1n) is 4.87.